The van der Waals surface area contributed by atoms with Crippen LogP contribution in [0, 0.1) is 6.92 Å². The molecule has 2 aromatic carbocycles. The maximum Gasteiger partial charge on any atom is 0.341 e. The molecule has 0 bridgehead atoms. The van der Waals surface area contributed by atoms with Crippen molar-refractivity contribution in [1.82, 2.24) is 0 Å². The molecule has 1 N–H and O–H groups in total. The number of rotatable bonds is 5. The van der Waals surface area contributed by atoms with Crippen LogP contribution in [0.4, 0.5) is 5.69 Å². The van der Waals surface area contributed by atoms with Crippen molar-refractivity contribution in [3.05, 3.63) is 55.4 Å². The van der Waals surface area contributed by atoms with Crippen LogP contribution < -0.4 is 4.74 Å². The monoisotopic (exact) mass is 459 g/mol. The molecule has 0 saturated carbocycles. The fourth-order valence-electron chi connectivity index (χ4n) is 1.74. The molecule has 0 unspecified atom stereocenters. The van der Waals surface area contributed by atoms with E-state index in [1.54, 1.807) is 24.4 Å². The third-order valence-electron chi connectivity index (χ3n) is 2.88. The summed E-state index contributed by atoms with van der Waals surface area (Å²) in [6, 6.07) is 9.17. The molecular weight excluding hydrogens is 449 g/mol. The van der Waals surface area contributed by atoms with Crippen molar-refractivity contribution in [2.24, 2.45) is 4.99 Å². The summed E-state index contributed by atoms with van der Waals surface area (Å²) in [4.78, 5) is 15.0. The normalized spacial score (nSPS) is 11.0. The number of ether oxygens (including phenoxy) is 1. The molecule has 0 aliphatic heterocycles. The smallest absolute Gasteiger partial charge is 0.341 e. The van der Waals surface area contributed by atoms with Crippen LogP contribution >= 0.6 is 43.5 Å². The first kappa shape index (κ1) is 18.0. The van der Waals surface area contributed by atoms with Gasteiger partial charge in [0.2, 0.25) is 0 Å². The summed E-state index contributed by atoms with van der Waals surface area (Å²) in [6.07, 6.45) is 1.69. The van der Waals surface area contributed by atoms with Gasteiger partial charge >= 0.3 is 5.97 Å². The van der Waals surface area contributed by atoms with Crippen LogP contribution in [0.25, 0.3) is 0 Å². The van der Waals surface area contributed by atoms with E-state index in [9.17, 15) is 4.79 Å². The zero-order valence-corrected chi connectivity index (χ0v) is 15.9. The van der Waals surface area contributed by atoms with Gasteiger partial charge in [0, 0.05) is 11.2 Å². The van der Waals surface area contributed by atoms with Gasteiger partial charge in [0.05, 0.1) is 14.6 Å². The number of aryl methyl sites for hydroxylation is 1. The zero-order chi connectivity index (χ0) is 17.0. The Labute approximate surface area is 155 Å². The van der Waals surface area contributed by atoms with E-state index in [-0.39, 0.29) is 0 Å². The van der Waals surface area contributed by atoms with Gasteiger partial charge in [-0.1, -0.05) is 17.7 Å². The second-order valence-electron chi connectivity index (χ2n) is 4.69. The summed E-state index contributed by atoms with van der Waals surface area (Å²) in [5.74, 6) is -0.603. The van der Waals surface area contributed by atoms with E-state index in [0.29, 0.717) is 19.7 Å². The number of benzene rings is 2. The molecule has 0 radical (unpaired) electrons. The Morgan fingerprint density at radius 2 is 1.96 bits per heavy atom. The first-order valence-corrected chi connectivity index (χ1v) is 8.47. The Kier molecular flexibility index (Phi) is 6.21. The number of aliphatic carboxylic acids is 1. The predicted molar refractivity (Wildman–Crippen MR) is 98.4 cm³/mol. The molecule has 0 spiro atoms. The lowest BCUT2D eigenvalue weighted by molar-refractivity contribution is -0.139. The third kappa shape index (κ3) is 5.06. The van der Waals surface area contributed by atoms with Crippen LogP contribution in [0.5, 0.6) is 5.75 Å². The summed E-state index contributed by atoms with van der Waals surface area (Å²) in [6.45, 7) is 1.52. The van der Waals surface area contributed by atoms with Gasteiger partial charge in [0.15, 0.2) is 6.61 Å². The number of hydrogen-bond donors (Lipinski definition) is 1. The fourth-order valence-corrected chi connectivity index (χ4v) is 3.36. The third-order valence-corrected chi connectivity index (χ3v) is 4.46. The van der Waals surface area contributed by atoms with Gasteiger partial charge < -0.3 is 9.84 Å². The van der Waals surface area contributed by atoms with Gasteiger partial charge in [0.1, 0.15) is 5.75 Å². The lowest BCUT2D eigenvalue weighted by Gasteiger charge is -2.09. The summed E-state index contributed by atoms with van der Waals surface area (Å²) >= 11 is 12.8. The lowest BCUT2D eigenvalue weighted by atomic mass is 10.2. The van der Waals surface area contributed by atoms with Crippen LogP contribution in [0.3, 0.4) is 0 Å². The van der Waals surface area contributed by atoms with E-state index in [0.717, 1.165) is 16.8 Å². The standard InChI is InChI=1S/C16H12Br2ClNO3/c1-9-2-3-11(6-14(9)19)20-7-10-4-12(17)16(13(18)5-10)23-8-15(21)22/h2-7H,8H2,1H3,(H,21,22). The van der Waals surface area contributed by atoms with Crippen molar-refractivity contribution >= 4 is 61.3 Å². The molecule has 0 aliphatic carbocycles. The molecule has 0 aliphatic rings. The molecule has 23 heavy (non-hydrogen) atoms. The highest BCUT2D eigenvalue weighted by Crippen LogP contribution is 2.34. The van der Waals surface area contributed by atoms with E-state index >= 15 is 0 Å². The number of carboxylic acids is 1. The Morgan fingerprint density at radius 3 is 2.52 bits per heavy atom. The summed E-state index contributed by atoms with van der Waals surface area (Å²) in [7, 11) is 0. The molecule has 0 amide bonds. The maximum absolute atomic E-state index is 10.6. The van der Waals surface area contributed by atoms with Crippen molar-refractivity contribution in [2.75, 3.05) is 6.61 Å². The van der Waals surface area contributed by atoms with E-state index in [4.69, 9.17) is 21.4 Å². The molecule has 4 nitrogen and oxygen atoms in total. The van der Waals surface area contributed by atoms with Gasteiger partial charge in [-0.2, -0.15) is 0 Å². The number of carbonyl (C=O) groups is 1. The van der Waals surface area contributed by atoms with E-state index < -0.39 is 12.6 Å². The van der Waals surface area contributed by atoms with E-state index in [2.05, 4.69) is 36.9 Å². The summed E-state index contributed by atoms with van der Waals surface area (Å²) in [5.41, 5.74) is 2.57. The minimum Gasteiger partial charge on any atom is -0.480 e. The first-order chi connectivity index (χ1) is 10.9. The number of hydrogen-bond acceptors (Lipinski definition) is 3. The Bertz CT molecular complexity index is 755. The van der Waals surface area contributed by atoms with Crippen LogP contribution in [0.1, 0.15) is 11.1 Å². The number of carboxylic acid groups (broad SMARTS) is 1. The molecular formula is C16H12Br2ClNO3. The highest BCUT2D eigenvalue weighted by molar-refractivity contribution is 9.11. The van der Waals surface area contributed by atoms with Crippen molar-refractivity contribution in [1.29, 1.82) is 0 Å². The molecule has 2 aromatic rings. The van der Waals surface area contributed by atoms with E-state index in [1.165, 1.54) is 0 Å². The fraction of sp³-hybridized carbons (Fsp3) is 0.125. The predicted octanol–water partition coefficient (Wildman–Crippen LogP) is 5.39. The average molecular weight is 462 g/mol. The van der Waals surface area contributed by atoms with Crippen LogP contribution in [0.15, 0.2) is 44.3 Å². The second-order valence-corrected chi connectivity index (χ2v) is 6.80. The number of aliphatic imine (C=N–C) groups is 1. The first-order valence-electron chi connectivity index (χ1n) is 6.50. The van der Waals surface area contributed by atoms with Crippen molar-refractivity contribution in [3.63, 3.8) is 0 Å². The van der Waals surface area contributed by atoms with Crippen molar-refractivity contribution in [2.45, 2.75) is 6.92 Å². The SMILES string of the molecule is Cc1ccc(N=Cc2cc(Br)c(OCC(=O)O)c(Br)c2)cc1Cl. The van der Waals surface area contributed by atoms with Crippen LogP contribution in [-0.4, -0.2) is 23.9 Å². The Balaban J connectivity index is 2.22. The molecule has 7 heteroatoms. The highest BCUT2D eigenvalue weighted by atomic mass is 79.9. The number of halogens is 3. The summed E-state index contributed by atoms with van der Waals surface area (Å²) in [5, 5.41) is 9.34. The molecule has 0 fully saturated rings. The van der Waals surface area contributed by atoms with Crippen LogP contribution in [0.2, 0.25) is 5.02 Å². The minimum atomic E-state index is -1.04. The molecule has 0 heterocycles. The van der Waals surface area contributed by atoms with Gasteiger partial charge in [-0.15, -0.1) is 0 Å². The Hall–Kier alpha value is -1.37. The van der Waals surface area contributed by atoms with Gasteiger partial charge in [-0.25, -0.2) is 4.79 Å². The van der Waals surface area contributed by atoms with Gasteiger partial charge in [0.25, 0.3) is 0 Å². The van der Waals surface area contributed by atoms with Gasteiger partial charge in [-0.3, -0.25) is 4.99 Å². The largest absolute Gasteiger partial charge is 0.480 e. The number of nitrogens with zero attached hydrogens (tertiary/aromatic N) is 1. The molecule has 0 saturated heterocycles. The van der Waals surface area contributed by atoms with Crippen LogP contribution in [-0.2, 0) is 4.79 Å². The molecule has 0 aromatic heterocycles. The average Bonchev–Trinajstić information content (AvgIpc) is 2.47. The topological polar surface area (TPSA) is 58.9 Å². The maximum atomic E-state index is 10.6. The summed E-state index contributed by atoms with van der Waals surface area (Å²) < 4.78 is 6.49. The van der Waals surface area contributed by atoms with Gasteiger partial charge in [-0.05, 0) is 74.2 Å². The quantitative estimate of drug-likeness (QED) is 0.608. The van der Waals surface area contributed by atoms with Crippen molar-refractivity contribution < 1.29 is 14.6 Å². The highest BCUT2D eigenvalue weighted by Gasteiger charge is 2.10. The lowest BCUT2D eigenvalue weighted by Crippen LogP contribution is -2.10. The molecule has 2 rings (SSSR count). The zero-order valence-electron chi connectivity index (χ0n) is 12.0. The second kappa shape index (κ2) is 7.95. The molecule has 120 valence electrons. The van der Waals surface area contributed by atoms with Crippen molar-refractivity contribution in [3.8, 4) is 5.75 Å². The Morgan fingerprint density at radius 1 is 1.30 bits per heavy atom. The molecule has 0 atom stereocenters. The minimum absolute atomic E-state index is 0.410. The van der Waals surface area contributed by atoms with E-state index in [1.807, 2.05) is 19.1 Å².